The first kappa shape index (κ1) is 15.0. The molecule has 18 heavy (non-hydrogen) atoms. The van der Waals surface area contributed by atoms with Crippen LogP contribution in [0.4, 0.5) is 5.69 Å². The van der Waals surface area contributed by atoms with Crippen LogP contribution in [0.5, 0.6) is 0 Å². The molecule has 0 bridgehead atoms. The standard InChI is InChI=1S/C13H20N2O2S/c1-3-18-10-11(2)14-9-8-12-4-6-13(7-5-12)15(16)17/h4-7,11,14H,3,8-10H2,1-2H3. The summed E-state index contributed by atoms with van der Waals surface area (Å²) >= 11 is 1.93. The molecule has 1 atom stereocenters. The second-order valence-corrected chi connectivity index (χ2v) is 5.51. The molecule has 1 aromatic rings. The number of nitro benzene ring substituents is 1. The number of benzene rings is 1. The van der Waals surface area contributed by atoms with E-state index in [4.69, 9.17) is 0 Å². The van der Waals surface area contributed by atoms with E-state index in [0.29, 0.717) is 6.04 Å². The van der Waals surface area contributed by atoms with E-state index in [1.54, 1.807) is 12.1 Å². The molecule has 0 amide bonds. The van der Waals surface area contributed by atoms with E-state index in [9.17, 15) is 10.1 Å². The summed E-state index contributed by atoms with van der Waals surface area (Å²) in [7, 11) is 0. The lowest BCUT2D eigenvalue weighted by Crippen LogP contribution is -2.30. The van der Waals surface area contributed by atoms with Crippen LogP contribution in [-0.4, -0.2) is 29.0 Å². The van der Waals surface area contributed by atoms with Gasteiger partial charge in [0.05, 0.1) is 4.92 Å². The number of nitrogens with zero attached hydrogens (tertiary/aromatic N) is 1. The first-order valence-electron chi connectivity index (χ1n) is 6.18. The van der Waals surface area contributed by atoms with Crippen molar-refractivity contribution in [2.24, 2.45) is 0 Å². The van der Waals surface area contributed by atoms with Crippen LogP contribution in [0, 0.1) is 10.1 Å². The maximum Gasteiger partial charge on any atom is 0.269 e. The molecular weight excluding hydrogens is 248 g/mol. The summed E-state index contributed by atoms with van der Waals surface area (Å²) in [5.74, 6) is 2.27. The number of non-ortho nitro benzene ring substituents is 1. The zero-order valence-electron chi connectivity index (χ0n) is 10.9. The predicted molar refractivity (Wildman–Crippen MR) is 77.3 cm³/mol. The first-order chi connectivity index (χ1) is 8.63. The molecule has 1 aromatic carbocycles. The molecule has 0 radical (unpaired) electrons. The molecule has 0 aliphatic rings. The van der Waals surface area contributed by atoms with Gasteiger partial charge in [0, 0.05) is 23.9 Å². The van der Waals surface area contributed by atoms with Crippen molar-refractivity contribution >= 4 is 17.4 Å². The van der Waals surface area contributed by atoms with Crippen LogP contribution in [0.1, 0.15) is 19.4 Å². The van der Waals surface area contributed by atoms with Crippen molar-refractivity contribution < 1.29 is 4.92 Å². The third-order valence-corrected chi connectivity index (χ3v) is 3.77. The first-order valence-corrected chi connectivity index (χ1v) is 7.33. The zero-order chi connectivity index (χ0) is 13.4. The van der Waals surface area contributed by atoms with Crippen LogP contribution in [0.25, 0.3) is 0 Å². The number of rotatable bonds is 8. The van der Waals surface area contributed by atoms with Gasteiger partial charge in [-0.05, 0) is 31.2 Å². The third-order valence-electron chi connectivity index (χ3n) is 2.63. The van der Waals surface area contributed by atoms with E-state index in [2.05, 4.69) is 19.2 Å². The van der Waals surface area contributed by atoms with Crippen LogP contribution in [0.3, 0.4) is 0 Å². The lowest BCUT2D eigenvalue weighted by atomic mass is 10.1. The summed E-state index contributed by atoms with van der Waals surface area (Å²) in [6.45, 7) is 5.25. The highest BCUT2D eigenvalue weighted by Crippen LogP contribution is 2.12. The molecule has 0 aliphatic carbocycles. The Bertz CT molecular complexity index is 368. The Morgan fingerprint density at radius 3 is 2.61 bits per heavy atom. The molecule has 0 fully saturated rings. The maximum absolute atomic E-state index is 10.5. The second-order valence-electron chi connectivity index (χ2n) is 4.19. The Morgan fingerprint density at radius 1 is 1.39 bits per heavy atom. The third kappa shape index (κ3) is 5.51. The lowest BCUT2D eigenvalue weighted by Gasteiger charge is -2.12. The van der Waals surface area contributed by atoms with Crippen LogP contribution in [0.2, 0.25) is 0 Å². The van der Waals surface area contributed by atoms with Gasteiger partial charge in [-0.15, -0.1) is 0 Å². The van der Waals surface area contributed by atoms with Gasteiger partial charge in [-0.3, -0.25) is 10.1 Å². The van der Waals surface area contributed by atoms with Crippen molar-refractivity contribution in [1.82, 2.24) is 5.32 Å². The molecule has 0 heterocycles. The van der Waals surface area contributed by atoms with Crippen LogP contribution in [-0.2, 0) is 6.42 Å². The van der Waals surface area contributed by atoms with Crippen molar-refractivity contribution in [2.45, 2.75) is 26.3 Å². The number of hydrogen-bond donors (Lipinski definition) is 1. The van der Waals surface area contributed by atoms with Crippen LogP contribution < -0.4 is 5.32 Å². The van der Waals surface area contributed by atoms with Gasteiger partial charge in [-0.2, -0.15) is 11.8 Å². The molecule has 0 spiro atoms. The predicted octanol–water partition coefficient (Wildman–Crippen LogP) is 2.87. The Morgan fingerprint density at radius 2 is 2.06 bits per heavy atom. The highest BCUT2D eigenvalue weighted by Gasteiger charge is 2.04. The molecule has 1 N–H and O–H groups in total. The summed E-state index contributed by atoms with van der Waals surface area (Å²) < 4.78 is 0. The van der Waals surface area contributed by atoms with E-state index < -0.39 is 0 Å². The minimum absolute atomic E-state index is 0.152. The highest BCUT2D eigenvalue weighted by atomic mass is 32.2. The Balaban J connectivity index is 2.29. The van der Waals surface area contributed by atoms with Gasteiger partial charge in [0.1, 0.15) is 0 Å². The second kappa shape index (κ2) is 8.11. The van der Waals surface area contributed by atoms with Crippen molar-refractivity contribution in [1.29, 1.82) is 0 Å². The lowest BCUT2D eigenvalue weighted by molar-refractivity contribution is -0.384. The average molecular weight is 268 g/mol. The van der Waals surface area contributed by atoms with Gasteiger partial charge in [0.25, 0.3) is 5.69 Å². The monoisotopic (exact) mass is 268 g/mol. The van der Waals surface area contributed by atoms with E-state index >= 15 is 0 Å². The van der Waals surface area contributed by atoms with Gasteiger partial charge >= 0.3 is 0 Å². The summed E-state index contributed by atoms with van der Waals surface area (Å²) in [6.07, 6.45) is 0.902. The smallest absolute Gasteiger partial charge is 0.269 e. The number of nitro groups is 1. The van der Waals surface area contributed by atoms with E-state index in [1.165, 1.54) is 0 Å². The fraction of sp³-hybridized carbons (Fsp3) is 0.538. The minimum Gasteiger partial charge on any atom is -0.313 e. The van der Waals surface area contributed by atoms with Gasteiger partial charge < -0.3 is 5.32 Å². The van der Waals surface area contributed by atoms with Crippen molar-refractivity contribution in [3.05, 3.63) is 39.9 Å². The van der Waals surface area contributed by atoms with Crippen molar-refractivity contribution in [3.63, 3.8) is 0 Å². The summed E-state index contributed by atoms with van der Waals surface area (Å²) in [6, 6.07) is 7.28. The molecule has 1 unspecified atom stereocenters. The normalized spacial score (nSPS) is 12.3. The molecule has 1 rings (SSSR count). The SMILES string of the molecule is CCSCC(C)NCCc1ccc([N+](=O)[O-])cc1. The summed E-state index contributed by atoms with van der Waals surface area (Å²) in [5.41, 5.74) is 1.28. The Hall–Kier alpha value is -1.07. The van der Waals surface area contributed by atoms with Crippen LogP contribution in [0.15, 0.2) is 24.3 Å². The maximum atomic E-state index is 10.5. The fourth-order valence-electron chi connectivity index (χ4n) is 1.60. The fourth-order valence-corrected chi connectivity index (χ4v) is 2.31. The average Bonchev–Trinajstić information content (AvgIpc) is 2.37. The number of nitrogens with one attached hydrogen (secondary N) is 1. The van der Waals surface area contributed by atoms with Crippen molar-refractivity contribution in [3.8, 4) is 0 Å². The van der Waals surface area contributed by atoms with Gasteiger partial charge in [0.15, 0.2) is 0 Å². The molecular formula is C13H20N2O2S. The quantitative estimate of drug-likeness (QED) is 0.582. The summed E-state index contributed by atoms with van der Waals surface area (Å²) in [5, 5.41) is 14.0. The molecule has 0 aromatic heterocycles. The summed E-state index contributed by atoms with van der Waals surface area (Å²) in [4.78, 5) is 10.1. The molecule has 0 aliphatic heterocycles. The molecule has 4 nitrogen and oxygen atoms in total. The Kier molecular flexibility index (Phi) is 6.75. The zero-order valence-corrected chi connectivity index (χ0v) is 11.7. The van der Waals surface area contributed by atoms with E-state index in [0.717, 1.165) is 30.0 Å². The van der Waals surface area contributed by atoms with E-state index in [1.807, 2.05) is 23.9 Å². The molecule has 0 saturated heterocycles. The highest BCUT2D eigenvalue weighted by molar-refractivity contribution is 7.99. The van der Waals surface area contributed by atoms with Gasteiger partial charge in [-0.1, -0.05) is 19.1 Å². The minimum atomic E-state index is -0.369. The Labute approximate surface area is 112 Å². The number of thioether (sulfide) groups is 1. The van der Waals surface area contributed by atoms with Gasteiger partial charge in [0.2, 0.25) is 0 Å². The molecule has 0 saturated carbocycles. The number of hydrogen-bond acceptors (Lipinski definition) is 4. The molecule has 100 valence electrons. The van der Waals surface area contributed by atoms with Gasteiger partial charge in [-0.25, -0.2) is 0 Å². The van der Waals surface area contributed by atoms with Crippen LogP contribution >= 0.6 is 11.8 Å². The molecule has 5 heteroatoms. The largest absolute Gasteiger partial charge is 0.313 e. The van der Waals surface area contributed by atoms with E-state index in [-0.39, 0.29) is 10.6 Å². The van der Waals surface area contributed by atoms with Crippen molar-refractivity contribution in [2.75, 3.05) is 18.1 Å². The topological polar surface area (TPSA) is 55.2 Å².